The molecule has 0 unspecified atom stereocenters. The number of benzene rings is 2. The second-order valence-corrected chi connectivity index (χ2v) is 5.28. The van der Waals surface area contributed by atoms with Crippen LogP contribution in [0.1, 0.15) is 15.9 Å². The van der Waals surface area contributed by atoms with Crippen LogP contribution in [0.3, 0.4) is 0 Å². The molecule has 22 heavy (non-hydrogen) atoms. The molecule has 0 saturated carbocycles. The summed E-state index contributed by atoms with van der Waals surface area (Å²) in [6.07, 6.45) is 0. The van der Waals surface area contributed by atoms with E-state index >= 15 is 0 Å². The Bertz CT molecular complexity index is 777. The Morgan fingerprint density at radius 3 is 2.41 bits per heavy atom. The molecule has 7 nitrogen and oxygen atoms in total. The zero-order valence-corrected chi connectivity index (χ0v) is 12.1. The first-order valence-electron chi connectivity index (χ1n) is 6.13. The maximum absolute atomic E-state index is 11.9. The average Bonchev–Trinajstić information content (AvgIpc) is 2.47. The van der Waals surface area contributed by atoms with Gasteiger partial charge in [0.1, 0.15) is 16.5 Å². The molecule has 0 aliphatic carbocycles. The van der Waals surface area contributed by atoms with Crippen molar-refractivity contribution >= 4 is 22.4 Å². The SMILES string of the molecule is O=C(Oc1ccc([N+](=O)[O-])c(C[SH](=O)=O)c1)c1ccccc1. The van der Waals surface area contributed by atoms with Crippen LogP contribution < -0.4 is 4.74 Å². The molecule has 0 aliphatic rings. The van der Waals surface area contributed by atoms with E-state index in [1.54, 1.807) is 30.3 Å². The zero-order valence-electron chi connectivity index (χ0n) is 11.2. The van der Waals surface area contributed by atoms with Crippen molar-refractivity contribution in [1.29, 1.82) is 0 Å². The van der Waals surface area contributed by atoms with Crippen LogP contribution in [0.15, 0.2) is 48.5 Å². The lowest BCUT2D eigenvalue weighted by Crippen LogP contribution is -2.08. The number of carbonyl (C=O) groups excluding carboxylic acids is 1. The number of hydrogen-bond acceptors (Lipinski definition) is 6. The first-order valence-corrected chi connectivity index (χ1v) is 7.50. The van der Waals surface area contributed by atoms with Crippen molar-refractivity contribution in [2.24, 2.45) is 0 Å². The van der Waals surface area contributed by atoms with E-state index in [1.807, 2.05) is 0 Å². The predicted octanol–water partition coefficient (Wildman–Crippen LogP) is 1.93. The Morgan fingerprint density at radius 1 is 1.14 bits per heavy atom. The monoisotopic (exact) mass is 321 g/mol. The molecule has 0 spiro atoms. The summed E-state index contributed by atoms with van der Waals surface area (Å²) >= 11 is 0. The Kier molecular flexibility index (Phi) is 4.84. The van der Waals surface area contributed by atoms with Gasteiger partial charge in [0.25, 0.3) is 5.69 Å². The third-order valence-corrected chi connectivity index (χ3v) is 3.37. The third kappa shape index (κ3) is 3.89. The Balaban J connectivity index is 2.28. The first kappa shape index (κ1) is 15.6. The molecule has 0 atom stereocenters. The summed E-state index contributed by atoms with van der Waals surface area (Å²) in [4.78, 5) is 22.1. The molecule has 0 heterocycles. The summed E-state index contributed by atoms with van der Waals surface area (Å²) in [5, 5.41) is 10.9. The summed E-state index contributed by atoms with van der Waals surface area (Å²) in [5.41, 5.74) is -0.0458. The normalized spacial score (nSPS) is 10.4. The number of carbonyl (C=O) groups is 1. The van der Waals surface area contributed by atoms with Crippen molar-refractivity contribution in [1.82, 2.24) is 0 Å². The molecule has 0 aromatic heterocycles. The summed E-state index contributed by atoms with van der Waals surface area (Å²) < 4.78 is 26.7. The van der Waals surface area contributed by atoms with Gasteiger partial charge in [0.05, 0.1) is 16.2 Å². The van der Waals surface area contributed by atoms with Crippen LogP contribution in [0, 0.1) is 10.1 Å². The van der Waals surface area contributed by atoms with Gasteiger partial charge in [-0.1, -0.05) is 18.2 Å². The van der Waals surface area contributed by atoms with Gasteiger partial charge in [-0.2, -0.15) is 0 Å². The van der Waals surface area contributed by atoms with Gasteiger partial charge in [-0.3, -0.25) is 10.1 Å². The maximum atomic E-state index is 11.9. The van der Waals surface area contributed by atoms with Crippen LogP contribution in [0.25, 0.3) is 0 Å². The highest BCUT2D eigenvalue weighted by molar-refractivity contribution is 7.71. The molecule has 0 fully saturated rings. The zero-order chi connectivity index (χ0) is 16.1. The van der Waals surface area contributed by atoms with E-state index in [0.29, 0.717) is 5.56 Å². The highest BCUT2D eigenvalue weighted by Crippen LogP contribution is 2.25. The third-order valence-electron chi connectivity index (χ3n) is 2.77. The summed E-state index contributed by atoms with van der Waals surface area (Å²) in [7, 11) is -2.84. The van der Waals surface area contributed by atoms with Crippen LogP contribution in [-0.2, 0) is 16.5 Å². The molecule has 0 N–H and O–H groups in total. The van der Waals surface area contributed by atoms with E-state index < -0.39 is 27.3 Å². The lowest BCUT2D eigenvalue weighted by molar-refractivity contribution is -0.385. The smallest absolute Gasteiger partial charge is 0.343 e. The molecule has 2 aromatic rings. The molecule has 2 aromatic carbocycles. The number of rotatable bonds is 5. The van der Waals surface area contributed by atoms with Crippen molar-refractivity contribution in [2.75, 3.05) is 0 Å². The summed E-state index contributed by atoms with van der Waals surface area (Å²) in [6.45, 7) is 0. The van der Waals surface area contributed by atoms with Gasteiger partial charge in [0, 0.05) is 11.6 Å². The van der Waals surface area contributed by atoms with Crippen LogP contribution in [0.4, 0.5) is 5.69 Å². The van der Waals surface area contributed by atoms with E-state index in [4.69, 9.17) is 4.74 Å². The number of nitro benzene ring substituents is 1. The molecular weight excluding hydrogens is 310 g/mol. The van der Waals surface area contributed by atoms with Crippen LogP contribution in [-0.4, -0.2) is 19.3 Å². The number of nitro groups is 1. The molecule has 0 saturated heterocycles. The largest absolute Gasteiger partial charge is 0.423 e. The van der Waals surface area contributed by atoms with Crippen molar-refractivity contribution in [3.05, 3.63) is 69.8 Å². The minimum absolute atomic E-state index is 0.0283. The molecule has 0 aliphatic heterocycles. The topological polar surface area (TPSA) is 104 Å². The van der Waals surface area contributed by atoms with Gasteiger partial charge in [0.2, 0.25) is 0 Å². The highest BCUT2D eigenvalue weighted by Gasteiger charge is 2.17. The van der Waals surface area contributed by atoms with Crippen molar-refractivity contribution < 1.29 is 22.9 Å². The molecule has 0 amide bonds. The van der Waals surface area contributed by atoms with Crippen LogP contribution in [0.5, 0.6) is 5.75 Å². The summed E-state index contributed by atoms with van der Waals surface area (Å²) in [6, 6.07) is 11.7. The average molecular weight is 321 g/mol. The fourth-order valence-electron chi connectivity index (χ4n) is 1.81. The highest BCUT2D eigenvalue weighted by atomic mass is 32.2. The number of ether oxygens (including phenoxy) is 1. The van der Waals surface area contributed by atoms with Gasteiger partial charge >= 0.3 is 5.97 Å². The molecular formula is C14H11NO6S. The van der Waals surface area contributed by atoms with Crippen molar-refractivity contribution in [3.63, 3.8) is 0 Å². The Hall–Kier alpha value is -2.74. The quantitative estimate of drug-likeness (QED) is 0.297. The fraction of sp³-hybridized carbons (Fsp3) is 0.0714. The molecule has 114 valence electrons. The second kappa shape index (κ2) is 6.81. The molecule has 8 heteroatoms. The minimum atomic E-state index is -2.84. The van der Waals surface area contributed by atoms with Gasteiger partial charge < -0.3 is 4.74 Å². The predicted molar refractivity (Wildman–Crippen MR) is 78.5 cm³/mol. The summed E-state index contributed by atoms with van der Waals surface area (Å²) in [5.74, 6) is -1.08. The van der Waals surface area contributed by atoms with Gasteiger partial charge in [-0.05, 0) is 24.3 Å². The number of nitrogens with zero attached hydrogens (tertiary/aromatic N) is 1. The fourth-order valence-corrected chi connectivity index (χ4v) is 2.34. The van der Waals surface area contributed by atoms with Crippen molar-refractivity contribution in [2.45, 2.75) is 5.75 Å². The van der Waals surface area contributed by atoms with Gasteiger partial charge in [-0.15, -0.1) is 0 Å². The minimum Gasteiger partial charge on any atom is -0.423 e. The Labute approximate surface area is 127 Å². The van der Waals surface area contributed by atoms with Crippen molar-refractivity contribution in [3.8, 4) is 5.75 Å². The van der Waals surface area contributed by atoms with E-state index in [0.717, 1.165) is 6.07 Å². The molecule has 0 bridgehead atoms. The number of esters is 1. The van der Waals surface area contributed by atoms with Crippen LogP contribution in [0.2, 0.25) is 0 Å². The van der Waals surface area contributed by atoms with Gasteiger partial charge in [-0.25, -0.2) is 13.2 Å². The first-order chi connectivity index (χ1) is 10.5. The molecule has 2 rings (SSSR count). The van der Waals surface area contributed by atoms with E-state index in [9.17, 15) is 23.3 Å². The second-order valence-electron chi connectivity index (χ2n) is 4.29. The maximum Gasteiger partial charge on any atom is 0.343 e. The van der Waals surface area contributed by atoms with E-state index in [1.165, 1.54) is 12.1 Å². The van der Waals surface area contributed by atoms with E-state index in [-0.39, 0.29) is 17.0 Å². The van der Waals surface area contributed by atoms with Gasteiger partial charge in [0.15, 0.2) is 0 Å². The van der Waals surface area contributed by atoms with E-state index in [2.05, 4.69) is 0 Å². The number of thiol groups is 1. The number of hydrogen-bond donors (Lipinski definition) is 1. The lowest BCUT2D eigenvalue weighted by Gasteiger charge is -2.06. The lowest BCUT2D eigenvalue weighted by atomic mass is 10.2. The Morgan fingerprint density at radius 2 is 1.82 bits per heavy atom. The standard InChI is InChI=1S/C14H11NO6S/c16-14(10-4-2-1-3-5-10)21-12-6-7-13(15(17)18)11(8-12)9-22(19)20/h1-8,22H,9H2. The van der Waals surface area contributed by atoms with Crippen LogP contribution >= 0.6 is 0 Å². The molecule has 0 radical (unpaired) electrons.